The van der Waals surface area contributed by atoms with Crippen molar-refractivity contribution >= 4 is 20.2 Å². The van der Waals surface area contributed by atoms with Gasteiger partial charge in [-0.3, -0.25) is 0 Å². The Morgan fingerprint density at radius 3 is 2.00 bits per heavy atom. The van der Waals surface area contributed by atoms with Crippen molar-refractivity contribution in [2.24, 2.45) is 0 Å². The van der Waals surface area contributed by atoms with Crippen molar-refractivity contribution < 1.29 is 25.6 Å². The van der Waals surface area contributed by atoms with Crippen LogP contribution in [0.3, 0.4) is 0 Å². The van der Waals surface area contributed by atoms with Crippen molar-refractivity contribution in [3.05, 3.63) is 78.9 Å². The minimum absolute atomic E-state index is 0.0917. The van der Waals surface area contributed by atoms with Crippen LogP contribution in [0, 0.1) is 0 Å². The molecule has 0 radical (unpaired) electrons. The van der Waals surface area contributed by atoms with Crippen molar-refractivity contribution in [3.63, 3.8) is 0 Å². The van der Waals surface area contributed by atoms with Crippen molar-refractivity contribution in [2.75, 3.05) is 0 Å². The molecule has 0 amide bonds. The third-order valence-electron chi connectivity index (χ3n) is 3.55. The molecule has 0 atom stereocenters. The maximum absolute atomic E-state index is 12.5. The molecule has 0 unspecified atom stereocenters. The molecule has 0 saturated heterocycles. The molecular formula is C18H13O6S2-. The quantitative estimate of drug-likeness (QED) is 0.491. The minimum atomic E-state index is -4.78. The average Bonchev–Trinajstić information content (AvgIpc) is 2.62. The average molecular weight is 389 g/mol. The van der Waals surface area contributed by atoms with Gasteiger partial charge in [-0.15, -0.1) is 0 Å². The van der Waals surface area contributed by atoms with Crippen LogP contribution in [0.1, 0.15) is 0 Å². The molecule has 0 aliphatic rings. The topological polar surface area (TPSA) is 101 Å². The summed E-state index contributed by atoms with van der Waals surface area (Å²) in [6, 6.07) is 19.8. The van der Waals surface area contributed by atoms with Crippen molar-refractivity contribution in [3.8, 4) is 16.9 Å². The Kier molecular flexibility index (Phi) is 4.82. The number of rotatable bonds is 5. The second-order valence-electron chi connectivity index (χ2n) is 5.33. The zero-order valence-corrected chi connectivity index (χ0v) is 14.9. The summed E-state index contributed by atoms with van der Waals surface area (Å²) in [6.45, 7) is 0. The highest BCUT2D eigenvalue weighted by Gasteiger charge is 2.20. The van der Waals surface area contributed by atoms with Gasteiger partial charge in [0.15, 0.2) is 5.75 Å². The molecule has 0 aliphatic carbocycles. The molecule has 3 rings (SSSR count). The molecule has 0 aromatic heterocycles. The summed E-state index contributed by atoms with van der Waals surface area (Å²) in [5, 5.41) is 0. The number of hydrogen-bond donors (Lipinski definition) is 0. The fourth-order valence-electron chi connectivity index (χ4n) is 2.35. The van der Waals surface area contributed by atoms with Gasteiger partial charge >= 0.3 is 10.1 Å². The fourth-order valence-corrected chi connectivity index (χ4v) is 3.93. The summed E-state index contributed by atoms with van der Waals surface area (Å²) in [5.74, 6) is 0.0917. The first-order valence-corrected chi connectivity index (χ1v) is 10.2. The van der Waals surface area contributed by atoms with E-state index in [1.165, 1.54) is 12.1 Å². The smallest absolute Gasteiger partial charge is 0.339 e. The Balaban J connectivity index is 2.02. The third-order valence-corrected chi connectivity index (χ3v) is 5.62. The normalized spacial score (nSPS) is 11.9. The van der Waals surface area contributed by atoms with E-state index in [4.69, 9.17) is 4.18 Å². The van der Waals surface area contributed by atoms with E-state index in [1.54, 1.807) is 30.3 Å². The van der Waals surface area contributed by atoms with Crippen LogP contribution >= 0.6 is 0 Å². The van der Waals surface area contributed by atoms with E-state index in [-0.39, 0.29) is 5.75 Å². The molecule has 0 bridgehead atoms. The lowest BCUT2D eigenvalue weighted by atomic mass is 10.1. The minimum Gasteiger partial charge on any atom is -0.744 e. The molecular weight excluding hydrogens is 376 g/mol. The SMILES string of the molecule is O=S(=O)([O-])c1cccc(S(=O)(=O)Oc2ccccc2-c2ccccc2)c1. The Morgan fingerprint density at radius 1 is 0.692 bits per heavy atom. The molecule has 134 valence electrons. The molecule has 0 spiro atoms. The molecule has 0 N–H and O–H groups in total. The molecule has 0 fully saturated rings. The van der Waals surface area contributed by atoms with E-state index in [0.29, 0.717) is 5.56 Å². The molecule has 0 heterocycles. The monoisotopic (exact) mass is 389 g/mol. The van der Waals surface area contributed by atoms with E-state index in [1.807, 2.05) is 18.2 Å². The highest BCUT2D eigenvalue weighted by molar-refractivity contribution is 7.87. The van der Waals surface area contributed by atoms with Crippen LogP contribution in [0.2, 0.25) is 0 Å². The second-order valence-corrected chi connectivity index (χ2v) is 8.25. The van der Waals surface area contributed by atoms with Gasteiger partial charge < -0.3 is 8.74 Å². The Morgan fingerprint density at radius 2 is 1.31 bits per heavy atom. The van der Waals surface area contributed by atoms with E-state index in [2.05, 4.69) is 0 Å². The van der Waals surface area contributed by atoms with Gasteiger partial charge in [0.05, 0.1) is 4.90 Å². The summed E-state index contributed by atoms with van der Waals surface area (Å²) >= 11 is 0. The zero-order valence-electron chi connectivity index (χ0n) is 13.3. The van der Waals surface area contributed by atoms with E-state index in [0.717, 1.165) is 23.8 Å². The van der Waals surface area contributed by atoms with Crippen LogP contribution in [-0.2, 0) is 20.2 Å². The van der Waals surface area contributed by atoms with Gasteiger partial charge in [0.1, 0.15) is 15.0 Å². The van der Waals surface area contributed by atoms with Crippen molar-refractivity contribution in [2.45, 2.75) is 9.79 Å². The van der Waals surface area contributed by atoms with Crippen LogP contribution in [0.15, 0.2) is 88.7 Å². The van der Waals surface area contributed by atoms with Crippen LogP contribution in [-0.4, -0.2) is 21.4 Å². The van der Waals surface area contributed by atoms with Crippen LogP contribution in [0.5, 0.6) is 5.75 Å². The molecule has 26 heavy (non-hydrogen) atoms. The van der Waals surface area contributed by atoms with Crippen LogP contribution in [0.25, 0.3) is 11.1 Å². The highest BCUT2D eigenvalue weighted by Crippen LogP contribution is 2.32. The summed E-state index contributed by atoms with van der Waals surface area (Å²) in [7, 11) is -9.11. The molecule has 0 aliphatic heterocycles. The molecule has 6 nitrogen and oxygen atoms in total. The van der Waals surface area contributed by atoms with Gasteiger partial charge in [0, 0.05) is 5.56 Å². The highest BCUT2D eigenvalue weighted by atomic mass is 32.2. The van der Waals surface area contributed by atoms with Gasteiger partial charge in [-0.2, -0.15) is 8.42 Å². The first-order valence-electron chi connectivity index (χ1n) is 7.42. The standard InChI is InChI=1S/C18H14O6S2/c19-25(20,21)15-9-6-10-16(13-15)26(22,23)24-18-12-5-4-11-17(18)14-7-2-1-3-8-14/h1-13H,(H,19,20,21)/p-1. The summed E-state index contributed by atoms with van der Waals surface area (Å²) < 4.78 is 63.7. The molecule has 0 saturated carbocycles. The van der Waals surface area contributed by atoms with Gasteiger partial charge in [0.2, 0.25) is 0 Å². The summed E-state index contributed by atoms with van der Waals surface area (Å²) in [5.41, 5.74) is 1.32. The molecule has 3 aromatic rings. The van der Waals surface area contributed by atoms with Crippen molar-refractivity contribution in [1.82, 2.24) is 0 Å². The Hall–Kier alpha value is -2.68. The van der Waals surface area contributed by atoms with Gasteiger partial charge in [-0.05, 0) is 29.8 Å². The lowest BCUT2D eigenvalue weighted by Gasteiger charge is -2.13. The third kappa shape index (κ3) is 3.93. The lowest BCUT2D eigenvalue weighted by Crippen LogP contribution is -2.11. The first-order chi connectivity index (χ1) is 12.3. The van der Waals surface area contributed by atoms with Crippen molar-refractivity contribution in [1.29, 1.82) is 0 Å². The summed E-state index contributed by atoms with van der Waals surface area (Å²) in [6.07, 6.45) is 0. The molecule has 3 aromatic carbocycles. The Labute approximate surface area is 151 Å². The maximum atomic E-state index is 12.5. The van der Waals surface area contributed by atoms with E-state index < -0.39 is 30.0 Å². The number of hydrogen-bond acceptors (Lipinski definition) is 6. The van der Waals surface area contributed by atoms with Crippen LogP contribution in [0.4, 0.5) is 0 Å². The maximum Gasteiger partial charge on any atom is 0.339 e. The second kappa shape index (κ2) is 6.91. The first kappa shape index (κ1) is 18.1. The van der Waals surface area contributed by atoms with E-state index in [9.17, 15) is 21.4 Å². The Bertz CT molecular complexity index is 1140. The predicted molar refractivity (Wildman–Crippen MR) is 94.1 cm³/mol. The fraction of sp³-hybridized carbons (Fsp3) is 0. The number of para-hydroxylation sites is 1. The summed E-state index contributed by atoms with van der Waals surface area (Å²) in [4.78, 5) is -1.06. The van der Waals surface area contributed by atoms with Gasteiger partial charge in [-0.25, -0.2) is 8.42 Å². The lowest BCUT2D eigenvalue weighted by molar-refractivity contribution is 0.462. The predicted octanol–water partition coefficient (Wildman–Crippen LogP) is 3.03. The zero-order chi connectivity index (χ0) is 18.8. The van der Waals surface area contributed by atoms with E-state index >= 15 is 0 Å². The largest absolute Gasteiger partial charge is 0.744 e. The van der Waals surface area contributed by atoms with Gasteiger partial charge in [0.25, 0.3) is 0 Å². The number of benzene rings is 3. The van der Waals surface area contributed by atoms with Gasteiger partial charge in [-0.1, -0.05) is 54.6 Å². The molecule has 8 heteroatoms. The van der Waals surface area contributed by atoms with Crippen LogP contribution < -0.4 is 4.18 Å².